The minimum atomic E-state index is 0.569. The molecule has 2 aliphatic heterocycles. The summed E-state index contributed by atoms with van der Waals surface area (Å²) in [6, 6.07) is 0. The van der Waals surface area contributed by atoms with Crippen LogP contribution in [0.2, 0.25) is 0 Å². The van der Waals surface area contributed by atoms with E-state index < -0.39 is 0 Å². The summed E-state index contributed by atoms with van der Waals surface area (Å²) in [5, 5.41) is 1.46. The second-order valence-electron chi connectivity index (χ2n) is 4.17. The number of allylic oxidation sites excluding steroid dienone is 1. The molecular formula is C10H14N2S. The molecule has 1 spiro atoms. The number of thioether (sulfide) groups is 1. The first-order valence-corrected chi connectivity index (χ1v) is 5.84. The van der Waals surface area contributed by atoms with E-state index in [1.165, 1.54) is 37.3 Å². The van der Waals surface area contributed by atoms with E-state index in [0.717, 1.165) is 6.67 Å². The molecule has 0 amide bonds. The van der Waals surface area contributed by atoms with Crippen LogP contribution in [0.3, 0.4) is 0 Å². The van der Waals surface area contributed by atoms with Gasteiger partial charge in [-0.25, -0.2) is 0 Å². The Morgan fingerprint density at radius 2 is 2.23 bits per heavy atom. The van der Waals surface area contributed by atoms with Crippen molar-refractivity contribution >= 4 is 18.0 Å². The van der Waals surface area contributed by atoms with E-state index in [9.17, 15) is 0 Å². The Morgan fingerprint density at radius 1 is 1.38 bits per heavy atom. The van der Waals surface area contributed by atoms with Crippen LogP contribution in [-0.2, 0) is 0 Å². The first-order valence-electron chi connectivity index (χ1n) is 5.02. The minimum absolute atomic E-state index is 0.569. The smallest absolute Gasteiger partial charge is 0.110 e. The van der Waals surface area contributed by atoms with Gasteiger partial charge in [-0.3, -0.25) is 4.99 Å². The largest absolute Gasteiger partial charge is 0.345 e. The van der Waals surface area contributed by atoms with Crippen molar-refractivity contribution in [1.29, 1.82) is 0 Å². The van der Waals surface area contributed by atoms with Crippen molar-refractivity contribution in [1.82, 2.24) is 4.90 Å². The number of hydrogen-bond donors (Lipinski definition) is 0. The van der Waals surface area contributed by atoms with Crippen molar-refractivity contribution in [3.63, 3.8) is 0 Å². The van der Waals surface area contributed by atoms with E-state index in [4.69, 9.17) is 0 Å². The van der Waals surface area contributed by atoms with Crippen molar-refractivity contribution in [2.75, 3.05) is 13.2 Å². The van der Waals surface area contributed by atoms with Gasteiger partial charge in [0.2, 0.25) is 0 Å². The van der Waals surface area contributed by atoms with Crippen LogP contribution in [0.25, 0.3) is 0 Å². The average molecular weight is 194 g/mol. The van der Waals surface area contributed by atoms with Crippen LogP contribution in [0.5, 0.6) is 0 Å². The third kappa shape index (κ3) is 1.21. The summed E-state index contributed by atoms with van der Waals surface area (Å²) in [6.45, 7) is 2.13. The van der Waals surface area contributed by atoms with Gasteiger partial charge in [0.15, 0.2) is 0 Å². The molecule has 13 heavy (non-hydrogen) atoms. The summed E-state index contributed by atoms with van der Waals surface area (Å²) in [7, 11) is 0. The van der Waals surface area contributed by atoms with E-state index in [2.05, 4.69) is 27.7 Å². The lowest BCUT2D eigenvalue weighted by atomic mass is 10.1. The molecule has 1 saturated heterocycles. The van der Waals surface area contributed by atoms with Crippen LogP contribution < -0.4 is 0 Å². The van der Waals surface area contributed by atoms with Crippen LogP contribution in [-0.4, -0.2) is 29.1 Å². The van der Waals surface area contributed by atoms with Gasteiger partial charge in [-0.1, -0.05) is 24.6 Å². The third-order valence-electron chi connectivity index (χ3n) is 3.20. The van der Waals surface area contributed by atoms with Crippen molar-refractivity contribution in [2.24, 2.45) is 4.99 Å². The van der Waals surface area contributed by atoms with Crippen LogP contribution in [0.4, 0.5) is 0 Å². The highest BCUT2D eigenvalue weighted by Gasteiger charge is 2.43. The van der Waals surface area contributed by atoms with E-state index in [1.807, 2.05) is 6.21 Å². The minimum Gasteiger partial charge on any atom is -0.345 e. The van der Waals surface area contributed by atoms with Crippen molar-refractivity contribution in [3.05, 3.63) is 11.1 Å². The van der Waals surface area contributed by atoms with Crippen LogP contribution >= 0.6 is 11.8 Å². The molecule has 2 nitrogen and oxygen atoms in total. The van der Waals surface area contributed by atoms with Crippen molar-refractivity contribution < 1.29 is 0 Å². The zero-order valence-electron chi connectivity index (χ0n) is 7.70. The highest BCUT2D eigenvalue weighted by molar-refractivity contribution is 8.04. The molecule has 3 heteroatoms. The van der Waals surface area contributed by atoms with Crippen molar-refractivity contribution in [2.45, 2.75) is 30.4 Å². The summed E-state index contributed by atoms with van der Waals surface area (Å²) >= 11 is 2.10. The number of nitrogens with zero attached hydrogens (tertiary/aromatic N) is 2. The predicted octanol–water partition coefficient (Wildman–Crippen LogP) is 2.23. The normalized spacial score (nSPS) is 29.5. The molecule has 0 aromatic rings. The molecule has 3 aliphatic rings. The first kappa shape index (κ1) is 7.92. The summed E-state index contributed by atoms with van der Waals surface area (Å²) in [4.78, 5) is 6.71. The lowest BCUT2D eigenvalue weighted by molar-refractivity contribution is 0.352. The van der Waals surface area contributed by atoms with Crippen LogP contribution in [0.1, 0.15) is 25.7 Å². The topological polar surface area (TPSA) is 15.6 Å². The molecule has 2 heterocycles. The fourth-order valence-electron chi connectivity index (χ4n) is 2.55. The quantitative estimate of drug-likeness (QED) is 0.587. The Hall–Kier alpha value is -0.440. The van der Waals surface area contributed by atoms with Gasteiger partial charge in [0.25, 0.3) is 0 Å². The van der Waals surface area contributed by atoms with Crippen LogP contribution in [0.15, 0.2) is 16.1 Å². The van der Waals surface area contributed by atoms with Gasteiger partial charge in [0.1, 0.15) is 6.67 Å². The Kier molecular flexibility index (Phi) is 1.69. The summed E-state index contributed by atoms with van der Waals surface area (Å²) < 4.78 is 0.569. The Morgan fingerprint density at radius 3 is 3.00 bits per heavy atom. The van der Waals surface area contributed by atoms with E-state index in [-0.39, 0.29) is 0 Å². The van der Waals surface area contributed by atoms with E-state index in [0.29, 0.717) is 4.75 Å². The molecule has 2 fully saturated rings. The number of fused-ring (bicyclic) bond motifs is 1. The first-order chi connectivity index (χ1) is 6.38. The monoisotopic (exact) mass is 194 g/mol. The maximum absolute atomic E-state index is 4.29. The lowest BCUT2D eigenvalue weighted by Crippen LogP contribution is -2.29. The number of rotatable bonds is 0. The molecule has 3 rings (SSSR count). The zero-order chi connectivity index (χ0) is 8.73. The van der Waals surface area contributed by atoms with Gasteiger partial charge >= 0.3 is 0 Å². The molecule has 0 aromatic heterocycles. The standard InChI is InChI=1S/C10H14N2S/c1-2-5-10(4-1)7-12-8-11-6-3-9(12)13-10/h3,6H,1-2,4-5,7-8H2. The fourth-order valence-corrected chi connectivity index (χ4v) is 4.08. The van der Waals surface area contributed by atoms with Gasteiger partial charge in [-0.05, 0) is 18.9 Å². The second-order valence-corrected chi connectivity index (χ2v) is 5.66. The molecular weight excluding hydrogens is 180 g/mol. The Labute approximate surface area is 83.1 Å². The van der Waals surface area contributed by atoms with E-state index >= 15 is 0 Å². The van der Waals surface area contributed by atoms with E-state index in [1.54, 1.807) is 0 Å². The van der Waals surface area contributed by atoms with Crippen molar-refractivity contribution in [3.8, 4) is 0 Å². The average Bonchev–Trinajstić information content (AvgIpc) is 2.72. The molecule has 0 radical (unpaired) electrons. The highest BCUT2D eigenvalue weighted by atomic mass is 32.2. The lowest BCUT2D eigenvalue weighted by Gasteiger charge is -2.21. The van der Waals surface area contributed by atoms with Gasteiger partial charge < -0.3 is 4.90 Å². The van der Waals surface area contributed by atoms with Gasteiger partial charge in [-0.15, -0.1) is 0 Å². The Bertz CT molecular complexity index is 277. The molecule has 1 saturated carbocycles. The summed E-state index contributed by atoms with van der Waals surface area (Å²) in [5.41, 5.74) is 0. The third-order valence-corrected chi connectivity index (χ3v) is 4.78. The van der Waals surface area contributed by atoms with Gasteiger partial charge in [-0.2, -0.15) is 0 Å². The van der Waals surface area contributed by atoms with Gasteiger partial charge in [0.05, 0.1) is 5.03 Å². The summed E-state index contributed by atoms with van der Waals surface area (Å²) in [5.74, 6) is 0. The fraction of sp³-hybridized carbons (Fsp3) is 0.700. The summed E-state index contributed by atoms with van der Waals surface area (Å²) in [6.07, 6.45) is 9.79. The molecule has 0 unspecified atom stereocenters. The molecule has 0 aromatic carbocycles. The maximum atomic E-state index is 4.29. The SMILES string of the molecule is C1=NCN2CC3(CCCC3)SC2=C1. The number of aliphatic imine (C=N–C) groups is 1. The van der Waals surface area contributed by atoms with Crippen LogP contribution in [0, 0.1) is 0 Å². The molecule has 0 atom stereocenters. The molecule has 0 N–H and O–H groups in total. The maximum Gasteiger partial charge on any atom is 0.110 e. The molecule has 0 bridgehead atoms. The van der Waals surface area contributed by atoms with Gasteiger partial charge in [0, 0.05) is 17.5 Å². The molecule has 70 valence electrons. The number of hydrogen-bond acceptors (Lipinski definition) is 3. The zero-order valence-corrected chi connectivity index (χ0v) is 8.52. The predicted molar refractivity (Wildman–Crippen MR) is 56.9 cm³/mol. The highest BCUT2D eigenvalue weighted by Crippen LogP contribution is 2.51. The molecule has 1 aliphatic carbocycles. The second kappa shape index (κ2) is 2.77. The Balaban J connectivity index is 1.85.